The maximum atomic E-state index is 6.03. The summed E-state index contributed by atoms with van der Waals surface area (Å²) in [6.45, 7) is 4.79. The van der Waals surface area contributed by atoms with Crippen LogP contribution in [0.4, 0.5) is 5.82 Å². The van der Waals surface area contributed by atoms with E-state index in [2.05, 4.69) is 42.3 Å². The lowest BCUT2D eigenvalue weighted by Crippen LogP contribution is -2.27. The molecule has 38 heavy (non-hydrogen) atoms. The van der Waals surface area contributed by atoms with E-state index < -0.39 is 0 Å². The Morgan fingerprint density at radius 3 is 2.76 bits per heavy atom. The highest BCUT2D eigenvalue weighted by atomic mass is 16.5. The first-order chi connectivity index (χ1) is 18.7. The molecule has 0 bridgehead atoms. The van der Waals surface area contributed by atoms with Crippen molar-refractivity contribution in [3.63, 3.8) is 0 Å². The second-order valence-corrected chi connectivity index (χ2v) is 9.95. The number of aliphatic imine (C=N–C) groups is 1. The van der Waals surface area contributed by atoms with E-state index in [1.54, 1.807) is 25.8 Å². The van der Waals surface area contributed by atoms with E-state index in [9.17, 15) is 0 Å². The zero-order valence-electron chi connectivity index (χ0n) is 21.5. The summed E-state index contributed by atoms with van der Waals surface area (Å²) < 4.78 is 8.05. The number of likely N-dealkylation sites (tertiary alicyclic amines) is 1. The average Bonchev–Trinajstić information content (AvgIpc) is 3.35. The maximum Gasteiger partial charge on any atom is 0.140 e. The number of anilines is 1. The number of nitrogens with two attached hydrogens (primary N) is 1. The summed E-state index contributed by atoms with van der Waals surface area (Å²) >= 11 is 0. The molecule has 9 heteroatoms. The minimum atomic E-state index is 0.632. The third kappa shape index (κ3) is 5.24. The van der Waals surface area contributed by atoms with E-state index in [0.717, 1.165) is 63.7 Å². The molecule has 1 aromatic carbocycles. The van der Waals surface area contributed by atoms with Gasteiger partial charge in [0.15, 0.2) is 0 Å². The minimum Gasteiger partial charge on any atom is -0.492 e. The molecule has 3 aromatic heterocycles. The summed E-state index contributed by atoms with van der Waals surface area (Å²) in [5.41, 5.74) is 11.3. The molecule has 1 saturated carbocycles. The lowest BCUT2D eigenvalue weighted by Gasteiger charge is -2.17. The van der Waals surface area contributed by atoms with Gasteiger partial charge < -0.3 is 15.8 Å². The number of imidazole rings is 1. The van der Waals surface area contributed by atoms with Crippen LogP contribution < -0.4 is 15.8 Å². The lowest BCUT2D eigenvalue weighted by molar-refractivity contribution is 0.224. The third-order valence-corrected chi connectivity index (χ3v) is 7.35. The van der Waals surface area contributed by atoms with Crippen LogP contribution in [0.15, 0.2) is 72.4 Å². The first-order valence-corrected chi connectivity index (χ1v) is 13.0. The molecule has 2 unspecified atom stereocenters. The number of hydrogen-bond donors (Lipinski definition) is 2. The van der Waals surface area contributed by atoms with Crippen molar-refractivity contribution < 1.29 is 4.74 Å². The van der Waals surface area contributed by atoms with Gasteiger partial charge in [0.05, 0.1) is 17.6 Å². The fraction of sp³-hybridized carbons (Fsp3) is 0.310. The first-order valence-electron chi connectivity index (χ1n) is 13.0. The average molecular weight is 509 g/mol. The van der Waals surface area contributed by atoms with Crippen molar-refractivity contribution >= 4 is 23.3 Å². The minimum absolute atomic E-state index is 0.632. The predicted molar refractivity (Wildman–Crippen MR) is 150 cm³/mol. The van der Waals surface area contributed by atoms with Crippen molar-refractivity contribution in [2.75, 3.05) is 38.6 Å². The largest absolute Gasteiger partial charge is 0.492 e. The van der Waals surface area contributed by atoms with Crippen LogP contribution in [0.1, 0.15) is 17.5 Å². The number of fused-ring (bicyclic) bond motifs is 2. The molecule has 0 radical (unpaired) electrons. The summed E-state index contributed by atoms with van der Waals surface area (Å²) in [5.74, 6) is 3.49. The Kier molecular flexibility index (Phi) is 6.75. The van der Waals surface area contributed by atoms with Gasteiger partial charge in [-0.3, -0.25) is 14.3 Å². The Morgan fingerprint density at radius 2 is 1.97 bits per heavy atom. The number of nitrogens with zero attached hydrogens (tertiary/aromatic N) is 6. The van der Waals surface area contributed by atoms with Crippen LogP contribution in [-0.2, 0) is 6.54 Å². The molecule has 2 fully saturated rings. The first kappa shape index (κ1) is 24.1. The van der Waals surface area contributed by atoms with Crippen LogP contribution in [0.2, 0.25) is 0 Å². The van der Waals surface area contributed by atoms with Gasteiger partial charge in [0.25, 0.3) is 0 Å². The molecule has 194 valence electrons. The number of pyridine rings is 1. The monoisotopic (exact) mass is 508 g/mol. The highest BCUT2D eigenvalue weighted by molar-refractivity contribution is 6.09. The number of benzene rings is 1. The van der Waals surface area contributed by atoms with Crippen LogP contribution in [0.3, 0.4) is 0 Å². The molecule has 1 aliphatic carbocycles. The van der Waals surface area contributed by atoms with E-state index in [-0.39, 0.29) is 0 Å². The standard InChI is InChI=1S/C29H32N8O/c1-31-15-24(13-30)21-4-2-20(3-5-21)14-32-28-12-26(34-19-35-28)27-16-33-29-11-25(6-7-37(27)29)38-9-8-36-17-22-10-23(22)18-36/h2-7,11-13,15-16,19,22-23H,8-10,14,17-18,30H2,1H3,(H,32,34,35). The van der Waals surface area contributed by atoms with Gasteiger partial charge in [0.2, 0.25) is 0 Å². The summed E-state index contributed by atoms with van der Waals surface area (Å²) in [6, 6.07) is 14.1. The van der Waals surface area contributed by atoms with Crippen LogP contribution in [0, 0.1) is 11.8 Å². The summed E-state index contributed by atoms with van der Waals surface area (Å²) in [7, 11) is 1.73. The van der Waals surface area contributed by atoms with Gasteiger partial charge in [-0.05, 0) is 35.4 Å². The van der Waals surface area contributed by atoms with Gasteiger partial charge in [0.1, 0.15) is 30.1 Å². The van der Waals surface area contributed by atoms with Crippen molar-refractivity contribution in [2.45, 2.75) is 13.0 Å². The Bertz CT molecular complexity index is 1470. The zero-order valence-corrected chi connectivity index (χ0v) is 21.5. The molecule has 1 aliphatic heterocycles. The van der Waals surface area contributed by atoms with Gasteiger partial charge in [-0.1, -0.05) is 24.3 Å². The fourth-order valence-electron chi connectivity index (χ4n) is 5.17. The number of rotatable bonds is 10. The van der Waals surface area contributed by atoms with Crippen molar-refractivity contribution in [3.05, 3.63) is 78.5 Å². The van der Waals surface area contributed by atoms with E-state index in [1.807, 2.05) is 47.1 Å². The molecule has 6 rings (SSSR count). The van der Waals surface area contributed by atoms with Crippen LogP contribution in [0.25, 0.3) is 22.6 Å². The lowest BCUT2D eigenvalue weighted by atomic mass is 10.1. The van der Waals surface area contributed by atoms with Gasteiger partial charge in [-0.2, -0.15) is 0 Å². The molecule has 2 aliphatic rings. The van der Waals surface area contributed by atoms with Crippen LogP contribution >= 0.6 is 0 Å². The second-order valence-electron chi connectivity index (χ2n) is 9.95. The Labute approximate surface area is 222 Å². The number of ether oxygens (including phenoxy) is 1. The van der Waals surface area contributed by atoms with Crippen molar-refractivity contribution in [1.82, 2.24) is 24.3 Å². The summed E-state index contributed by atoms with van der Waals surface area (Å²) in [4.78, 5) is 20.0. The van der Waals surface area contributed by atoms with Crippen LogP contribution in [0.5, 0.6) is 5.75 Å². The van der Waals surface area contributed by atoms with Gasteiger partial charge in [-0.15, -0.1) is 0 Å². The molecule has 0 spiro atoms. The Morgan fingerprint density at radius 1 is 1.13 bits per heavy atom. The highest BCUT2D eigenvalue weighted by Gasteiger charge is 2.44. The van der Waals surface area contributed by atoms with E-state index in [4.69, 9.17) is 10.5 Å². The molecule has 4 aromatic rings. The number of nitrogens with one attached hydrogen (secondary N) is 1. The fourth-order valence-corrected chi connectivity index (χ4v) is 5.17. The SMILES string of the molecule is CN=CC(=CN)c1ccc(CNc2cc(-c3cnc4cc(OCCN5CC6CC6C5)ccn34)ncn2)cc1. The van der Waals surface area contributed by atoms with Gasteiger partial charge in [-0.25, -0.2) is 15.0 Å². The molecule has 4 heterocycles. The smallest absolute Gasteiger partial charge is 0.140 e. The van der Waals surface area contributed by atoms with E-state index in [1.165, 1.54) is 19.5 Å². The molecular weight excluding hydrogens is 476 g/mol. The van der Waals surface area contributed by atoms with Crippen LogP contribution in [-0.4, -0.2) is 63.8 Å². The van der Waals surface area contributed by atoms with E-state index in [0.29, 0.717) is 13.2 Å². The maximum absolute atomic E-state index is 6.03. The zero-order chi connectivity index (χ0) is 25.9. The van der Waals surface area contributed by atoms with E-state index >= 15 is 0 Å². The summed E-state index contributed by atoms with van der Waals surface area (Å²) in [5, 5.41) is 3.39. The Balaban J connectivity index is 1.08. The number of aromatic nitrogens is 4. The number of piperidine rings is 1. The molecule has 9 nitrogen and oxygen atoms in total. The van der Waals surface area contributed by atoms with Crippen molar-refractivity contribution in [3.8, 4) is 17.1 Å². The quantitative estimate of drug-likeness (QED) is 0.314. The topological polar surface area (TPSA) is 106 Å². The number of hydrogen-bond acceptors (Lipinski definition) is 8. The number of allylic oxidation sites excluding steroid dienone is 1. The van der Waals surface area contributed by atoms with Crippen molar-refractivity contribution in [1.29, 1.82) is 0 Å². The third-order valence-electron chi connectivity index (χ3n) is 7.35. The molecule has 2 atom stereocenters. The highest BCUT2D eigenvalue weighted by Crippen LogP contribution is 2.44. The summed E-state index contributed by atoms with van der Waals surface area (Å²) in [6.07, 6.45) is 10.1. The van der Waals surface area contributed by atoms with Gasteiger partial charge >= 0.3 is 0 Å². The molecule has 1 saturated heterocycles. The van der Waals surface area contributed by atoms with Gasteiger partial charge in [0, 0.05) is 69.5 Å². The predicted octanol–water partition coefficient (Wildman–Crippen LogP) is 3.73. The molecule has 3 N–H and O–H groups in total. The Hall–Kier alpha value is -4.24. The van der Waals surface area contributed by atoms with Crippen molar-refractivity contribution in [2.24, 2.45) is 22.6 Å². The second kappa shape index (κ2) is 10.6. The molecule has 0 amide bonds. The normalized spacial score (nSPS) is 19.2. The molecular formula is C29H32N8O.